The molecule has 7 heteroatoms. The lowest BCUT2D eigenvalue weighted by atomic mass is 10.0. The van der Waals surface area contributed by atoms with E-state index in [1.807, 2.05) is 0 Å². The van der Waals surface area contributed by atoms with Crippen LogP contribution in [0.25, 0.3) is 0 Å². The van der Waals surface area contributed by atoms with Gasteiger partial charge in [-0.3, -0.25) is 14.2 Å². The molecule has 94 valence electrons. The first-order chi connectivity index (χ1) is 7.13. The third-order valence-electron chi connectivity index (χ3n) is 1.86. The Morgan fingerprint density at radius 3 is 2.12 bits per heavy atom. The van der Waals surface area contributed by atoms with E-state index < -0.39 is 37.8 Å². The minimum Gasteiger partial charge on any atom is -0.385 e. The summed E-state index contributed by atoms with van der Waals surface area (Å²) in [6, 6.07) is 0. The molecule has 0 heterocycles. The molecule has 0 aromatic heterocycles. The Labute approximate surface area is 93.8 Å². The molecule has 0 aliphatic carbocycles. The lowest BCUT2D eigenvalue weighted by Gasteiger charge is -2.10. The topological polar surface area (TPSA) is 112 Å². The van der Waals surface area contributed by atoms with Gasteiger partial charge in [0.05, 0.1) is 6.16 Å². The van der Waals surface area contributed by atoms with Crippen molar-refractivity contribution in [3.63, 3.8) is 0 Å². The minimum absolute atomic E-state index is 0.00503. The molecule has 6 nitrogen and oxygen atoms in total. The lowest BCUT2D eigenvalue weighted by molar-refractivity contribution is -0.142. The van der Waals surface area contributed by atoms with E-state index in [0.29, 0.717) is 0 Å². The average Bonchev–Trinajstić information content (AvgIpc) is 2.10. The molecule has 0 radical (unpaired) electrons. The molecular weight excluding hydrogens is 235 g/mol. The van der Waals surface area contributed by atoms with Crippen molar-refractivity contribution in [1.82, 2.24) is 0 Å². The number of ketones is 2. The maximum Gasteiger partial charge on any atom is 0.325 e. The highest BCUT2D eigenvalue weighted by Crippen LogP contribution is 2.35. The molecule has 0 aliphatic heterocycles. The summed E-state index contributed by atoms with van der Waals surface area (Å²) in [7, 11) is -4.24. The van der Waals surface area contributed by atoms with Gasteiger partial charge >= 0.3 is 7.60 Å². The zero-order chi connectivity index (χ0) is 12.9. The molecule has 1 atom stereocenters. The molecule has 16 heavy (non-hydrogen) atoms. The molecular formula is C9H17O6P. The Morgan fingerprint density at radius 1 is 1.25 bits per heavy atom. The van der Waals surface area contributed by atoms with E-state index in [1.54, 1.807) is 13.8 Å². The van der Waals surface area contributed by atoms with E-state index >= 15 is 0 Å². The highest BCUT2D eigenvalue weighted by Gasteiger charge is 2.25. The molecule has 0 aliphatic rings. The van der Waals surface area contributed by atoms with E-state index in [1.165, 1.54) is 0 Å². The summed E-state index contributed by atoms with van der Waals surface area (Å²) in [5.41, 5.74) is 0. The second-order valence-corrected chi connectivity index (χ2v) is 5.85. The molecule has 0 bridgehead atoms. The van der Waals surface area contributed by atoms with E-state index in [2.05, 4.69) is 0 Å². The highest BCUT2D eigenvalue weighted by molar-refractivity contribution is 7.51. The van der Waals surface area contributed by atoms with Crippen LogP contribution in [0, 0.1) is 5.92 Å². The number of Topliss-reactive ketones (excluding diaryl/α,β-unsaturated/α-hetero) is 2. The van der Waals surface area contributed by atoms with Gasteiger partial charge in [-0.25, -0.2) is 0 Å². The van der Waals surface area contributed by atoms with Crippen LogP contribution in [-0.2, 0) is 14.2 Å². The molecule has 0 saturated carbocycles. The third kappa shape index (κ3) is 6.85. The lowest BCUT2D eigenvalue weighted by Crippen LogP contribution is -2.29. The summed E-state index contributed by atoms with van der Waals surface area (Å²) in [5.74, 6) is -1.67. The van der Waals surface area contributed by atoms with Crippen molar-refractivity contribution < 1.29 is 29.0 Å². The van der Waals surface area contributed by atoms with Crippen LogP contribution in [0.3, 0.4) is 0 Å². The van der Waals surface area contributed by atoms with Gasteiger partial charge in [0.2, 0.25) is 11.6 Å². The number of carbonyl (C=O) groups excluding carboxylic acids is 2. The summed E-state index contributed by atoms with van der Waals surface area (Å²) in [6.07, 6.45) is -2.58. The summed E-state index contributed by atoms with van der Waals surface area (Å²) < 4.78 is 10.5. The number of aliphatic hydroxyl groups excluding tert-OH is 1. The molecule has 0 spiro atoms. The van der Waals surface area contributed by atoms with Gasteiger partial charge in [0.15, 0.2) is 0 Å². The number of hydrogen-bond donors (Lipinski definition) is 3. The van der Waals surface area contributed by atoms with Gasteiger partial charge < -0.3 is 14.9 Å². The first kappa shape index (κ1) is 15.4. The van der Waals surface area contributed by atoms with Crippen molar-refractivity contribution in [3.8, 4) is 0 Å². The molecule has 0 amide bonds. The predicted octanol–water partition coefficient (Wildman–Crippen LogP) is 0.0994. The zero-order valence-corrected chi connectivity index (χ0v) is 10.2. The quantitative estimate of drug-likeness (QED) is 0.437. The summed E-state index contributed by atoms with van der Waals surface area (Å²) in [5, 5.41) is 9.25. The van der Waals surface area contributed by atoms with Crippen molar-refractivity contribution in [2.24, 2.45) is 5.92 Å². The average molecular weight is 252 g/mol. The normalized spacial score (nSPS) is 13.9. The van der Waals surface area contributed by atoms with Crippen molar-refractivity contribution in [3.05, 3.63) is 0 Å². The van der Waals surface area contributed by atoms with Crippen LogP contribution in [0.1, 0.15) is 26.7 Å². The number of hydrogen-bond acceptors (Lipinski definition) is 4. The molecule has 0 rings (SSSR count). The van der Waals surface area contributed by atoms with Crippen molar-refractivity contribution in [1.29, 1.82) is 0 Å². The number of rotatable bonds is 7. The van der Waals surface area contributed by atoms with Gasteiger partial charge in [-0.2, -0.15) is 0 Å². The third-order valence-corrected chi connectivity index (χ3v) is 2.71. The van der Waals surface area contributed by atoms with Gasteiger partial charge in [-0.05, 0) is 12.3 Å². The Morgan fingerprint density at radius 2 is 1.75 bits per heavy atom. The fourth-order valence-electron chi connectivity index (χ4n) is 1.08. The first-order valence-electron chi connectivity index (χ1n) is 4.93. The van der Waals surface area contributed by atoms with Gasteiger partial charge in [0, 0.05) is 6.42 Å². The summed E-state index contributed by atoms with van der Waals surface area (Å²) in [6.45, 7) is 3.51. The number of aliphatic hydroxyl groups is 1. The van der Waals surface area contributed by atoms with Gasteiger partial charge in [0.1, 0.15) is 6.10 Å². The molecule has 0 aromatic rings. The van der Waals surface area contributed by atoms with E-state index in [9.17, 15) is 19.3 Å². The molecule has 0 saturated heterocycles. The van der Waals surface area contributed by atoms with Crippen molar-refractivity contribution in [2.75, 3.05) is 6.16 Å². The number of carbonyl (C=O) groups is 2. The van der Waals surface area contributed by atoms with Crippen LogP contribution >= 0.6 is 7.60 Å². The van der Waals surface area contributed by atoms with E-state index in [4.69, 9.17) is 9.79 Å². The van der Waals surface area contributed by atoms with Crippen LogP contribution < -0.4 is 0 Å². The summed E-state index contributed by atoms with van der Waals surface area (Å²) >= 11 is 0. The van der Waals surface area contributed by atoms with Crippen LogP contribution in [0.4, 0.5) is 0 Å². The van der Waals surface area contributed by atoms with Gasteiger partial charge in [0.25, 0.3) is 0 Å². The predicted molar refractivity (Wildman–Crippen MR) is 57.0 cm³/mol. The Hall–Kier alpha value is -0.550. The SMILES string of the molecule is CC(C)CC(=O)C(=O)C(O)CCP(=O)(O)O. The summed E-state index contributed by atoms with van der Waals surface area (Å²) in [4.78, 5) is 39.5. The van der Waals surface area contributed by atoms with Crippen LogP contribution in [0.2, 0.25) is 0 Å². The smallest absolute Gasteiger partial charge is 0.325 e. The fraction of sp³-hybridized carbons (Fsp3) is 0.778. The van der Waals surface area contributed by atoms with Crippen molar-refractivity contribution >= 4 is 19.2 Å². The Bertz CT molecular complexity index is 305. The zero-order valence-electron chi connectivity index (χ0n) is 9.29. The second-order valence-electron chi connectivity index (χ2n) is 4.08. The Balaban J connectivity index is 4.19. The van der Waals surface area contributed by atoms with E-state index in [-0.39, 0.29) is 12.3 Å². The van der Waals surface area contributed by atoms with Crippen LogP contribution in [-0.4, -0.2) is 38.7 Å². The Kier molecular flexibility index (Phi) is 6.04. The fourth-order valence-corrected chi connectivity index (χ4v) is 1.66. The maximum atomic E-state index is 11.2. The van der Waals surface area contributed by atoms with Crippen LogP contribution in [0.5, 0.6) is 0 Å². The van der Waals surface area contributed by atoms with Gasteiger partial charge in [-0.1, -0.05) is 13.8 Å². The molecule has 0 aromatic carbocycles. The van der Waals surface area contributed by atoms with Crippen molar-refractivity contribution in [2.45, 2.75) is 32.8 Å². The minimum atomic E-state index is -4.24. The van der Waals surface area contributed by atoms with E-state index in [0.717, 1.165) is 0 Å². The van der Waals surface area contributed by atoms with Gasteiger partial charge in [-0.15, -0.1) is 0 Å². The standard InChI is InChI=1S/C9H17O6P/c1-6(2)5-8(11)9(12)7(10)3-4-16(13,14)15/h6-7,10H,3-5H2,1-2H3,(H2,13,14,15). The highest BCUT2D eigenvalue weighted by atomic mass is 31.2. The molecule has 1 unspecified atom stereocenters. The molecule has 3 N–H and O–H groups in total. The monoisotopic (exact) mass is 252 g/mol. The largest absolute Gasteiger partial charge is 0.385 e. The van der Waals surface area contributed by atoms with Crippen LogP contribution in [0.15, 0.2) is 0 Å². The second kappa shape index (κ2) is 6.25. The maximum absolute atomic E-state index is 11.2. The first-order valence-corrected chi connectivity index (χ1v) is 6.73. The molecule has 0 fully saturated rings.